The predicted octanol–water partition coefficient (Wildman–Crippen LogP) is 22.1. The van der Waals surface area contributed by atoms with E-state index >= 15 is 0 Å². The Labute approximate surface area is 450 Å². The summed E-state index contributed by atoms with van der Waals surface area (Å²) in [4.78, 5) is 38.2. The van der Waals surface area contributed by atoms with Crippen molar-refractivity contribution in [2.45, 2.75) is 380 Å². The molecule has 0 radical (unpaired) electrons. The summed E-state index contributed by atoms with van der Waals surface area (Å²) in [5.74, 6) is -0.834. The molecule has 0 spiro atoms. The van der Waals surface area contributed by atoms with E-state index in [1.807, 2.05) is 0 Å². The first-order valence-electron chi connectivity index (χ1n) is 32.7. The van der Waals surface area contributed by atoms with Gasteiger partial charge in [0.25, 0.3) is 0 Å². The molecule has 1 atom stereocenters. The Morgan fingerprint density at radius 3 is 0.694 bits per heavy atom. The highest BCUT2D eigenvalue weighted by molar-refractivity contribution is 5.71. The van der Waals surface area contributed by atoms with Gasteiger partial charge in [-0.3, -0.25) is 14.4 Å². The molecule has 0 aliphatic carbocycles. The van der Waals surface area contributed by atoms with E-state index in [0.717, 1.165) is 57.8 Å². The Bertz CT molecular complexity index is 1120. The quantitative estimate of drug-likeness (QED) is 0.0261. The van der Waals surface area contributed by atoms with Gasteiger partial charge in [0.05, 0.1) is 0 Å². The van der Waals surface area contributed by atoms with Crippen LogP contribution in [0.3, 0.4) is 0 Å². The van der Waals surface area contributed by atoms with Gasteiger partial charge in [-0.05, 0) is 44.9 Å². The van der Waals surface area contributed by atoms with Crippen molar-refractivity contribution >= 4 is 17.9 Å². The first-order valence-corrected chi connectivity index (χ1v) is 32.7. The van der Waals surface area contributed by atoms with Gasteiger partial charge in [-0.1, -0.05) is 322 Å². The van der Waals surface area contributed by atoms with Crippen LogP contribution in [0.25, 0.3) is 0 Å². The number of ether oxygens (including phenoxy) is 3. The summed E-state index contributed by atoms with van der Waals surface area (Å²) in [6, 6.07) is 0. The SMILES string of the molecule is CCCCCCCCCC/C=C\CCCCCCCCCCCCCCCCCCCC(=O)OCC(COC(=O)CCCCCCCCCCCCCC)OC(=O)CCCCCCCCCCCCCCC. The second-order valence-electron chi connectivity index (χ2n) is 22.4. The van der Waals surface area contributed by atoms with Crippen LogP contribution in [0.4, 0.5) is 0 Å². The second-order valence-corrected chi connectivity index (χ2v) is 22.4. The van der Waals surface area contributed by atoms with Crippen LogP contribution in [-0.2, 0) is 28.6 Å². The Hall–Kier alpha value is -1.85. The molecule has 6 heteroatoms. The van der Waals surface area contributed by atoms with Crippen LogP contribution in [0.2, 0.25) is 0 Å². The highest BCUT2D eigenvalue weighted by atomic mass is 16.6. The van der Waals surface area contributed by atoms with Gasteiger partial charge in [0.1, 0.15) is 13.2 Å². The zero-order valence-corrected chi connectivity index (χ0v) is 49.0. The molecule has 0 fully saturated rings. The van der Waals surface area contributed by atoms with Crippen LogP contribution in [-0.4, -0.2) is 37.2 Å². The minimum atomic E-state index is -0.763. The van der Waals surface area contributed by atoms with Gasteiger partial charge in [0.15, 0.2) is 6.10 Å². The molecule has 0 bridgehead atoms. The standard InChI is InChI=1S/C66H126O6/c1-4-7-10-13-16-19-22-25-26-27-28-29-30-31-32-33-34-35-36-37-38-39-40-42-44-47-50-53-56-59-65(68)71-62-63(61-70-64(67)58-55-52-49-46-43-24-21-18-15-12-9-6-3)72-66(69)60-57-54-51-48-45-41-23-20-17-14-11-8-5-2/h27-28,63H,4-26,29-62H2,1-3H3/b28-27-. The molecule has 1 unspecified atom stereocenters. The average Bonchev–Trinajstić information content (AvgIpc) is 3.38. The fraction of sp³-hybridized carbons (Fsp3) is 0.924. The number of esters is 3. The number of carbonyl (C=O) groups excluding carboxylic acids is 3. The van der Waals surface area contributed by atoms with E-state index in [2.05, 4.69) is 32.9 Å². The van der Waals surface area contributed by atoms with Gasteiger partial charge < -0.3 is 14.2 Å². The highest BCUT2D eigenvalue weighted by Gasteiger charge is 2.19. The Balaban J connectivity index is 4.08. The molecule has 0 aliphatic heterocycles. The zero-order chi connectivity index (χ0) is 52.2. The summed E-state index contributed by atoms with van der Waals surface area (Å²) in [5.41, 5.74) is 0. The lowest BCUT2D eigenvalue weighted by Gasteiger charge is -2.18. The summed E-state index contributed by atoms with van der Waals surface area (Å²) in [5, 5.41) is 0. The normalized spacial score (nSPS) is 12.0. The molecule has 0 aliphatic rings. The third-order valence-electron chi connectivity index (χ3n) is 15.0. The van der Waals surface area contributed by atoms with Crippen molar-refractivity contribution in [1.82, 2.24) is 0 Å². The molecule has 0 saturated carbocycles. The first kappa shape index (κ1) is 70.1. The molecule has 0 amide bonds. The van der Waals surface area contributed by atoms with Crippen molar-refractivity contribution < 1.29 is 28.6 Å². The molecule has 426 valence electrons. The molecular formula is C66H126O6. The van der Waals surface area contributed by atoms with Crippen molar-refractivity contribution in [1.29, 1.82) is 0 Å². The van der Waals surface area contributed by atoms with Gasteiger partial charge in [0.2, 0.25) is 0 Å². The summed E-state index contributed by atoms with van der Waals surface area (Å²) >= 11 is 0. The molecule has 0 aromatic heterocycles. The van der Waals surface area contributed by atoms with Crippen LogP contribution < -0.4 is 0 Å². The number of hydrogen-bond donors (Lipinski definition) is 0. The summed E-state index contributed by atoms with van der Waals surface area (Å²) < 4.78 is 16.9. The fourth-order valence-electron chi connectivity index (χ4n) is 10.1. The van der Waals surface area contributed by atoms with Crippen LogP contribution in [0.5, 0.6) is 0 Å². The number of allylic oxidation sites excluding steroid dienone is 2. The molecule has 0 aromatic carbocycles. The maximum atomic E-state index is 12.8. The molecular weight excluding hydrogens is 889 g/mol. The molecule has 0 saturated heterocycles. The van der Waals surface area contributed by atoms with Gasteiger partial charge in [-0.2, -0.15) is 0 Å². The molecule has 0 aromatic rings. The average molecular weight is 1020 g/mol. The van der Waals surface area contributed by atoms with Crippen molar-refractivity contribution in [3.8, 4) is 0 Å². The number of unbranched alkanes of at least 4 members (excludes halogenated alkanes) is 48. The van der Waals surface area contributed by atoms with Crippen LogP contribution in [0.1, 0.15) is 374 Å². The lowest BCUT2D eigenvalue weighted by Crippen LogP contribution is -2.30. The lowest BCUT2D eigenvalue weighted by molar-refractivity contribution is -0.167. The van der Waals surface area contributed by atoms with Gasteiger partial charge in [0, 0.05) is 19.3 Å². The number of hydrogen-bond acceptors (Lipinski definition) is 6. The summed E-state index contributed by atoms with van der Waals surface area (Å²) in [7, 11) is 0. The van der Waals surface area contributed by atoms with Gasteiger partial charge in [-0.15, -0.1) is 0 Å². The third-order valence-corrected chi connectivity index (χ3v) is 15.0. The molecule has 0 rings (SSSR count). The number of rotatable bonds is 61. The second kappa shape index (κ2) is 61.7. The maximum Gasteiger partial charge on any atom is 0.306 e. The summed E-state index contributed by atoms with van der Waals surface area (Å²) in [6.45, 7) is 6.70. The van der Waals surface area contributed by atoms with E-state index in [9.17, 15) is 14.4 Å². The minimum Gasteiger partial charge on any atom is -0.462 e. The van der Waals surface area contributed by atoms with Gasteiger partial charge in [-0.25, -0.2) is 0 Å². The monoisotopic (exact) mass is 1010 g/mol. The van der Waals surface area contributed by atoms with Crippen molar-refractivity contribution in [2.24, 2.45) is 0 Å². The van der Waals surface area contributed by atoms with E-state index in [-0.39, 0.29) is 31.1 Å². The van der Waals surface area contributed by atoms with Crippen LogP contribution >= 0.6 is 0 Å². The predicted molar refractivity (Wildman–Crippen MR) is 312 cm³/mol. The minimum absolute atomic E-state index is 0.0627. The first-order chi connectivity index (χ1) is 35.5. The van der Waals surface area contributed by atoms with Crippen molar-refractivity contribution in [2.75, 3.05) is 13.2 Å². The number of carbonyl (C=O) groups is 3. The molecule has 6 nitrogen and oxygen atoms in total. The van der Waals surface area contributed by atoms with E-state index < -0.39 is 6.10 Å². The van der Waals surface area contributed by atoms with Crippen molar-refractivity contribution in [3.63, 3.8) is 0 Å². The van der Waals surface area contributed by atoms with Crippen LogP contribution in [0, 0.1) is 0 Å². The smallest absolute Gasteiger partial charge is 0.306 e. The zero-order valence-electron chi connectivity index (χ0n) is 49.0. The topological polar surface area (TPSA) is 78.9 Å². The van der Waals surface area contributed by atoms with Crippen LogP contribution in [0.15, 0.2) is 12.2 Å². The fourth-order valence-corrected chi connectivity index (χ4v) is 10.1. The Kier molecular flexibility index (Phi) is 60.1. The molecule has 72 heavy (non-hydrogen) atoms. The summed E-state index contributed by atoms with van der Waals surface area (Å²) in [6.07, 6.45) is 72.4. The lowest BCUT2D eigenvalue weighted by atomic mass is 10.0. The largest absolute Gasteiger partial charge is 0.462 e. The Morgan fingerprint density at radius 1 is 0.264 bits per heavy atom. The molecule has 0 N–H and O–H groups in total. The molecule has 0 heterocycles. The van der Waals surface area contributed by atoms with E-state index in [4.69, 9.17) is 14.2 Å². The Morgan fingerprint density at radius 2 is 0.458 bits per heavy atom. The maximum absolute atomic E-state index is 12.8. The van der Waals surface area contributed by atoms with E-state index in [1.165, 1.54) is 276 Å². The van der Waals surface area contributed by atoms with E-state index in [0.29, 0.717) is 19.3 Å². The highest BCUT2D eigenvalue weighted by Crippen LogP contribution is 2.18. The third kappa shape index (κ3) is 59.0. The van der Waals surface area contributed by atoms with E-state index in [1.54, 1.807) is 0 Å². The van der Waals surface area contributed by atoms with Crippen molar-refractivity contribution in [3.05, 3.63) is 12.2 Å². The van der Waals surface area contributed by atoms with Gasteiger partial charge >= 0.3 is 17.9 Å².